The van der Waals surface area contributed by atoms with Gasteiger partial charge in [-0.2, -0.15) is 9.90 Å². The molecule has 3 aromatic rings. The van der Waals surface area contributed by atoms with Gasteiger partial charge in [0.1, 0.15) is 0 Å². The summed E-state index contributed by atoms with van der Waals surface area (Å²) in [4.78, 5) is 25.1. The van der Waals surface area contributed by atoms with Crippen molar-refractivity contribution < 1.29 is 4.79 Å². The third-order valence-electron chi connectivity index (χ3n) is 5.23. The van der Waals surface area contributed by atoms with Crippen LogP contribution in [-0.4, -0.2) is 50.0 Å². The van der Waals surface area contributed by atoms with Crippen molar-refractivity contribution in [1.29, 1.82) is 0 Å². The quantitative estimate of drug-likeness (QED) is 0.735. The number of rotatable bonds is 4. The predicted molar refractivity (Wildman–Crippen MR) is 110 cm³/mol. The number of hydrogen-bond acceptors (Lipinski definition) is 6. The van der Waals surface area contributed by atoms with E-state index in [0.29, 0.717) is 11.4 Å². The van der Waals surface area contributed by atoms with Gasteiger partial charge in [0.15, 0.2) is 5.69 Å². The summed E-state index contributed by atoms with van der Waals surface area (Å²) < 4.78 is 0. The Morgan fingerprint density at radius 1 is 1.07 bits per heavy atom. The van der Waals surface area contributed by atoms with E-state index in [1.165, 1.54) is 5.56 Å². The number of anilines is 1. The summed E-state index contributed by atoms with van der Waals surface area (Å²) in [6, 6.07) is 7.99. The summed E-state index contributed by atoms with van der Waals surface area (Å²) in [6.07, 6.45) is 5.18. The van der Waals surface area contributed by atoms with Crippen LogP contribution in [0.1, 0.15) is 40.2 Å². The van der Waals surface area contributed by atoms with Crippen molar-refractivity contribution in [2.75, 3.05) is 18.0 Å². The molecule has 0 aliphatic carbocycles. The number of amides is 1. The second-order valence-electron chi connectivity index (χ2n) is 7.50. The molecule has 1 aromatic carbocycles. The van der Waals surface area contributed by atoms with Crippen molar-refractivity contribution in [1.82, 2.24) is 30.3 Å². The Morgan fingerprint density at radius 2 is 1.79 bits per heavy atom. The molecule has 29 heavy (non-hydrogen) atoms. The fourth-order valence-electron chi connectivity index (χ4n) is 3.66. The first-order valence-corrected chi connectivity index (χ1v) is 9.85. The van der Waals surface area contributed by atoms with E-state index in [0.717, 1.165) is 43.1 Å². The number of carbonyl (C=O) groups excluding carboxylic acids is 1. The zero-order valence-electron chi connectivity index (χ0n) is 17.0. The van der Waals surface area contributed by atoms with Crippen LogP contribution >= 0.6 is 0 Å². The third kappa shape index (κ3) is 4.11. The Labute approximate surface area is 170 Å². The Kier molecular flexibility index (Phi) is 5.24. The minimum absolute atomic E-state index is 0.105. The highest BCUT2D eigenvalue weighted by Crippen LogP contribution is 2.17. The lowest BCUT2D eigenvalue weighted by Crippen LogP contribution is -2.45. The molecule has 0 spiro atoms. The summed E-state index contributed by atoms with van der Waals surface area (Å²) in [5.74, 6) is 0.567. The number of aryl methyl sites for hydroxylation is 3. The molecule has 1 fully saturated rings. The van der Waals surface area contributed by atoms with Crippen LogP contribution in [-0.2, 0) is 0 Å². The van der Waals surface area contributed by atoms with E-state index in [4.69, 9.17) is 0 Å². The highest BCUT2D eigenvalue weighted by molar-refractivity contribution is 5.93. The maximum Gasteiger partial charge on any atom is 0.273 e. The number of nitrogens with zero attached hydrogens (tertiary/aromatic N) is 6. The van der Waals surface area contributed by atoms with E-state index < -0.39 is 0 Å². The summed E-state index contributed by atoms with van der Waals surface area (Å²) >= 11 is 0. The van der Waals surface area contributed by atoms with E-state index in [1.807, 2.05) is 39.0 Å². The molecule has 0 atom stereocenters. The molecule has 1 N–H and O–H groups in total. The molecular weight excluding hydrogens is 366 g/mol. The van der Waals surface area contributed by atoms with Crippen LogP contribution in [0.4, 0.5) is 5.95 Å². The first kappa shape index (κ1) is 19.0. The molecule has 3 heterocycles. The largest absolute Gasteiger partial charge is 0.348 e. The second-order valence-corrected chi connectivity index (χ2v) is 7.50. The van der Waals surface area contributed by atoms with Gasteiger partial charge in [0.05, 0.1) is 11.4 Å². The summed E-state index contributed by atoms with van der Waals surface area (Å²) in [7, 11) is 0. The number of nitrogens with one attached hydrogen (secondary N) is 1. The molecule has 8 nitrogen and oxygen atoms in total. The van der Waals surface area contributed by atoms with Crippen LogP contribution in [0, 0.1) is 20.8 Å². The zero-order chi connectivity index (χ0) is 20.4. The van der Waals surface area contributed by atoms with E-state index in [-0.39, 0.29) is 11.9 Å². The van der Waals surface area contributed by atoms with E-state index in [1.54, 1.807) is 17.2 Å². The van der Waals surface area contributed by atoms with Crippen molar-refractivity contribution in [2.45, 2.75) is 39.7 Å². The van der Waals surface area contributed by atoms with Crippen LogP contribution in [0.3, 0.4) is 0 Å². The SMILES string of the molecule is Cc1ccc(-n2nc(C)c(C(=O)NC3CCN(c4ncccn4)CC3)n2)c(C)c1. The molecule has 1 aliphatic heterocycles. The Balaban J connectivity index is 1.41. The third-order valence-corrected chi connectivity index (χ3v) is 5.23. The summed E-state index contributed by atoms with van der Waals surface area (Å²) in [5.41, 5.74) is 4.13. The van der Waals surface area contributed by atoms with Crippen molar-refractivity contribution in [3.8, 4) is 5.69 Å². The Hall–Kier alpha value is -3.29. The van der Waals surface area contributed by atoms with Gasteiger partial charge in [0.25, 0.3) is 5.91 Å². The minimum Gasteiger partial charge on any atom is -0.348 e. The maximum absolute atomic E-state index is 12.8. The van der Waals surface area contributed by atoms with Crippen LogP contribution in [0.25, 0.3) is 5.69 Å². The highest BCUT2D eigenvalue weighted by Gasteiger charge is 2.25. The van der Waals surface area contributed by atoms with Crippen molar-refractivity contribution >= 4 is 11.9 Å². The monoisotopic (exact) mass is 391 g/mol. The van der Waals surface area contributed by atoms with E-state index >= 15 is 0 Å². The molecule has 0 radical (unpaired) electrons. The van der Waals surface area contributed by atoms with Crippen LogP contribution in [0.2, 0.25) is 0 Å². The lowest BCUT2D eigenvalue weighted by Gasteiger charge is -2.32. The average Bonchev–Trinajstić information content (AvgIpc) is 3.10. The standard InChI is InChI=1S/C21H25N7O/c1-14-5-6-18(15(2)13-14)28-25-16(3)19(26-28)20(29)24-17-7-11-27(12-8-17)21-22-9-4-10-23-21/h4-6,9-10,13,17H,7-8,11-12H2,1-3H3,(H,24,29). The molecule has 4 rings (SSSR count). The lowest BCUT2D eigenvalue weighted by molar-refractivity contribution is 0.0925. The van der Waals surface area contributed by atoms with Crippen molar-refractivity contribution in [2.24, 2.45) is 0 Å². The van der Waals surface area contributed by atoms with Gasteiger partial charge in [-0.25, -0.2) is 9.97 Å². The molecule has 0 bridgehead atoms. The molecule has 1 aliphatic rings. The topological polar surface area (TPSA) is 88.8 Å². The van der Waals surface area contributed by atoms with Crippen molar-refractivity contribution in [3.05, 3.63) is 59.2 Å². The second kappa shape index (κ2) is 7.98. The van der Waals surface area contributed by atoms with E-state index in [2.05, 4.69) is 36.4 Å². The number of hydrogen-bond donors (Lipinski definition) is 1. The van der Waals surface area contributed by atoms with Gasteiger partial charge in [0.2, 0.25) is 5.95 Å². The van der Waals surface area contributed by atoms with Gasteiger partial charge in [-0.1, -0.05) is 17.7 Å². The minimum atomic E-state index is -0.173. The highest BCUT2D eigenvalue weighted by atomic mass is 16.2. The van der Waals surface area contributed by atoms with Crippen LogP contribution in [0.5, 0.6) is 0 Å². The summed E-state index contributed by atoms with van der Waals surface area (Å²) in [6.45, 7) is 7.50. The van der Waals surface area contributed by atoms with Crippen LogP contribution < -0.4 is 10.2 Å². The molecule has 2 aromatic heterocycles. The van der Waals surface area contributed by atoms with Gasteiger partial charge in [-0.05, 0) is 51.3 Å². The predicted octanol–water partition coefficient (Wildman–Crippen LogP) is 2.38. The van der Waals surface area contributed by atoms with Crippen LogP contribution in [0.15, 0.2) is 36.7 Å². The van der Waals surface area contributed by atoms with Gasteiger partial charge in [0, 0.05) is 31.5 Å². The summed E-state index contributed by atoms with van der Waals surface area (Å²) in [5, 5.41) is 12.0. The first-order valence-electron chi connectivity index (χ1n) is 9.85. The molecule has 1 saturated heterocycles. The molecular formula is C21H25N7O. The molecule has 8 heteroatoms. The van der Waals surface area contributed by atoms with E-state index in [9.17, 15) is 4.79 Å². The smallest absolute Gasteiger partial charge is 0.273 e. The Bertz CT molecular complexity index is 1010. The number of piperidine rings is 1. The molecule has 0 unspecified atom stereocenters. The van der Waals surface area contributed by atoms with Gasteiger partial charge < -0.3 is 10.2 Å². The van der Waals surface area contributed by atoms with Crippen molar-refractivity contribution in [3.63, 3.8) is 0 Å². The number of benzene rings is 1. The molecule has 1 amide bonds. The van der Waals surface area contributed by atoms with Gasteiger partial charge >= 0.3 is 0 Å². The lowest BCUT2D eigenvalue weighted by atomic mass is 10.1. The first-order chi connectivity index (χ1) is 14.0. The number of aromatic nitrogens is 5. The molecule has 0 saturated carbocycles. The maximum atomic E-state index is 12.8. The van der Waals surface area contributed by atoms with Gasteiger partial charge in [-0.15, -0.1) is 5.10 Å². The zero-order valence-corrected chi connectivity index (χ0v) is 17.0. The Morgan fingerprint density at radius 3 is 2.48 bits per heavy atom. The normalized spacial score (nSPS) is 14.8. The fraction of sp³-hybridized carbons (Fsp3) is 0.381. The number of carbonyl (C=O) groups is 1. The fourth-order valence-corrected chi connectivity index (χ4v) is 3.66. The van der Waals surface area contributed by atoms with Gasteiger partial charge in [-0.3, -0.25) is 4.79 Å². The average molecular weight is 391 g/mol. The molecule has 150 valence electrons.